The van der Waals surface area contributed by atoms with Crippen LogP contribution < -0.4 is 15.2 Å². The molecule has 0 amide bonds. The van der Waals surface area contributed by atoms with E-state index in [9.17, 15) is 0 Å². The zero-order valence-corrected chi connectivity index (χ0v) is 17.2. The maximum atomic E-state index is 6.20. The largest absolute Gasteiger partial charge is 0.494 e. The minimum atomic E-state index is 0.326. The topological polar surface area (TPSA) is 74.7 Å². The Kier molecular flexibility index (Phi) is 4.88. The van der Waals surface area contributed by atoms with Crippen LogP contribution in [0.4, 0.5) is 5.95 Å². The second-order valence-corrected chi connectivity index (χ2v) is 7.32. The lowest BCUT2D eigenvalue weighted by Crippen LogP contribution is -2.04. The van der Waals surface area contributed by atoms with Crippen molar-refractivity contribution in [3.05, 3.63) is 95.7 Å². The standard InChI is InChI=1S/C25H22N4O2/c1-30-23-13-7-11-20-21-15-19(28-29(21)25(26)27-24(20)23)14-18-10-5-6-12-22(18)31-16-17-8-3-2-4-9-17/h2-13,15H,14,16H2,1H3,(H2,26,27). The van der Waals surface area contributed by atoms with Crippen molar-refractivity contribution in [2.45, 2.75) is 13.0 Å². The molecule has 0 spiro atoms. The highest BCUT2D eigenvalue weighted by molar-refractivity contribution is 5.97. The smallest absolute Gasteiger partial charge is 0.222 e. The number of anilines is 1. The van der Waals surface area contributed by atoms with Crippen LogP contribution in [0.25, 0.3) is 16.4 Å². The number of nitrogens with zero attached hydrogens (tertiary/aromatic N) is 3. The highest BCUT2D eigenvalue weighted by Crippen LogP contribution is 2.30. The summed E-state index contributed by atoms with van der Waals surface area (Å²) in [4.78, 5) is 4.50. The van der Waals surface area contributed by atoms with Gasteiger partial charge >= 0.3 is 0 Å². The van der Waals surface area contributed by atoms with Crippen LogP contribution in [-0.4, -0.2) is 21.7 Å². The number of hydrogen-bond donors (Lipinski definition) is 1. The molecule has 31 heavy (non-hydrogen) atoms. The van der Waals surface area contributed by atoms with Gasteiger partial charge in [-0.15, -0.1) is 0 Å². The molecule has 5 aromatic rings. The molecule has 0 radical (unpaired) electrons. The van der Waals surface area contributed by atoms with Gasteiger partial charge in [-0.1, -0.05) is 60.7 Å². The summed E-state index contributed by atoms with van der Waals surface area (Å²) in [5.41, 5.74) is 10.9. The molecule has 0 aliphatic rings. The lowest BCUT2D eigenvalue weighted by molar-refractivity contribution is 0.303. The summed E-state index contributed by atoms with van der Waals surface area (Å²) in [6.45, 7) is 0.518. The summed E-state index contributed by atoms with van der Waals surface area (Å²) >= 11 is 0. The summed E-state index contributed by atoms with van der Waals surface area (Å²) in [6.07, 6.45) is 0.623. The van der Waals surface area contributed by atoms with Crippen molar-refractivity contribution in [3.63, 3.8) is 0 Å². The van der Waals surface area contributed by atoms with Crippen molar-refractivity contribution in [2.75, 3.05) is 12.8 Å². The SMILES string of the molecule is COc1cccc2c1nc(N)n1nc(Cc3ccccc3OCc3ccccc3)cc21. The highest BCUT2D eigenvalue weighted by Gasteiger charge is 2.14. The average Bonchev–Trinajstić information content (AvgIpc) is 3.24. The summed E-state index contributed by atoms with van der Waals surface area (Å²) in [7, 11) is 1.63. The molecule has 5 rings (SSSR count). The van der Waals surface area contributed by atoms with Crippen molar-refractivity contribution in [1.82, 2.24) is 14.6 Å². The van der Waals surface area contributed by atoms with Crippen molar-refractivity contribution in [2.24, 2.45) is 0 Å². The van der Waals surface area contributed by atoms with Gasteiger partial charge in [0.1, 0.15) is 23.6 Å². The first-order chi connectivity index (χ1) is 15.2. The van der Waals surface area contributed by atoms with Crippen molar-refractivity contribution in [1.29, 1.82) is 0 Å². The number of methoxy groups -OCH3 is 1. The number of benzene rings is 3. The number of para-hydroxylation sites is 2. The lowest BCUT2D eigenvalue weighted by atomic mass is 10.1. The summed E-state index contributed by atoms with van der Waals surface area (Å²) < 4.78 is 13.2. The highest BCUT2D eigenvalue weighted by atomic mass is 16.5. The first-order valence-corrected chi connectivity index (χ1v) is 10.1. The predicted molar refractivity (Wildman–Crippen MR) is 121 cm³/mol. The van der Waals surface area contributed by atoms with E-state index >= 15 is 0 Å². The van der Waals surface area contributed by atoms with Crippen molar-refractivity contribution < 1.29 is 9.47 Å². The van der Waals surface area contributed by atoms with Gasteiger partial charge in [0, 0.05) is 17.4 Å². The molecule has 6 nitrogen and oxygen atoms in total. The molecular weight excluding hydrogens is 388 g/mol. The molecule has 0 fully saturated rings. The fourth-order valence-electron chi connectivity index (χ4n) is 3.78. The summed E-state index contributed by atoms with van der Waals surface area (Å²) in [5.74, 6) is 1.86. The molecule has 2 heterocycles. The van der Waals surface area contributed by atoms with Gasteiger partial charge in [0.15, 0.2) is 0 Å². The van der Waals surface area contributed by atoms with E-state index in [2.05, 4.69) is 23.2 Å². The average molecular weight is 410 g/mol. The van der Waals surface area contributed by atoms with Crippen LogP contribution in [0.15, 0.2) is 78.9 Å². The molecule has 0 bridgehead atoms. The number of ether oxygens (including phenoxy) is 2. The molecule has 0 saturated carbocycles. The first kappa shape index (κ1) is 18.9. The Bertz CT molecular complexity index is 1360. The predicted octanol–water partition coefficient (Wildman–Crippen LogP) is 4.64. The van der Waals surface area contributed by atoms with E-state index in [0.717, 1.165) is 39.0 Å². The second kappa shape index (κ2) is 7.99. The quantitative estimate of drug-likeness (QED) is 0.441. The maximum Gasteiger partial charge on any atom is 0.222 e. The van der Waals surface area contributed by atoms with Crippen LogP contribution >= 0.6 is 0 Å². The van der Waals surface area contributed by atoms with Crippen LogP contribution in [-0.2, 0) is 13.0 Å². The van der Waals surface area contributed by atoms with E-state index in [1.165, 1.54) is 0 Å². The van der Waals surface area contributed by atoms with E-state index in [4.69, 9.17) is 20.3 Å². The molecule has 6 heteroatoms. The van der Waals surface area contributed by atoms with Crippen LogP contribution in [0.1, 0.15) is 16.8 Å². The van der Waals surface area contributed by atoms with Gasteiger partial charge in [0.05, 0.1) is 18.3 Å². The molecule has 0 aliphatic heterocycles. The zero-order chi connectivity index (χ0) is 21.2. The van der Waals surface area contributed by atoms with E-state index in [-0.39, 0.29) is 0 Å². The van der Waals surface area contributed by atoms with Crippen LogP contribution in [0.2, 0.25) is 0 Å². The Balaban J connectivity index is 1.49. The van der Waals surface area contributed by atoms with Gasteiger partial charge in [-0.2, -0.15) is 9.61 Å². The Hall–Kier alpha value is -4.06. The zero-order valence-electron chi connectivity index (χ0n) is 17.2. The van der Waals surface area contributed by atoms with Gasteiger partial charge in [0.2, 0.25) is 5.95 Å². The Morgan fingerprint density at radius 3 is 2.52 bits per heavy atom. The molecule has 154 valence electrons. The molecule has 0 aliphatic carbocycles. The fraction of sp³-hybridized carbons (Fsp3) is 0.120. The molecule has 2 N–H and O–H groups in total. The number of fused-ring (bicyclic) bond motifs is 3. The molecular formula is C25H22N4O2. The molecule has 0 atom stereocenters. The van der Waals surface area contributed by atoms with E-state index in [1.807, 2.05) is 60.7 Å². The van der Waals surface area contributed by atoms with Crippen LogP contribution in [0, 0.1) is 0 Å². The third-order valence-electron chi connectivity index (χ3n) is 5.28. The molecule has 2 aromatic heterocycles. The molecule has 0 unspecified atom stereocenters. The van der Waals surface area contributed by atoms with Crippen LogP contribution in [0.3, 0.4) is 0 Å². The van der Waals surface area contributed by atoms with Gasteiger partial charge in [-0.3, -0.25) is 0 Å². The maximum absolute atomic E-state index is 6.20. The number of rotatable bonds is 6. The number of nitrogens with two attached hydrogens (primary N) is 1. The second-order valence-electron chi connectivity index (χ2n) is 7.32. The summed E-state index contributed by atoms with van der Waals surface area (Å²) in [5, 5.41) is 5.65. The minimum absolute atomic E-state index is 0.326. The number of nitrogen functional groups attached to an aromatic ring is 1. The third-order valence-corrected chi connectivity index (χ3v) is 5.28. The Morgan fingerprint density at radius 2 is 1.68 bits per heavy atom. The van der Waals surface area contributed by atoms with Crippen LogP contribution in [0.5, 0.6) is 11.5 Å². The Labute approximate surface area is 179 Å². The first-order valence-electron chi connectivity index (χ1n) is 10.1. The van der Waals surface area contributed by atoms with E-state index < -0.39 is 0 Å². The van der Waals surface area contributed by atoms with Gasteiger partial charge in [0.25, 0.3) is 0 Å². The van der Waals surface area contributed by atoms with Gasteiger partial charge in [-0.25, -0.2) is 4.98 Å². The number of aromatic nitrogens is 3. The fourth-order valence-corrected chi connectivity index (χ4v) is 3.78. The normalized spacial score (nSPS) is 11.1. The monoisotopic (exact) mass is 410 g/mol. The van der Waals surface area contributed by atoms with E-state index in [0.29, 0.717) is 24.7 Å². The van der Waals surface area contributed by atoms with Gasteiger partial charge in [-0.05, 0) is 23.8 Å². The third kappa shape index (κ3) is 3.64. The molecule has 0 saturated heterocycles. The summed E-state index contributed by atoms with van der Waals surface area (Å²) in [6, 6.07) is 26.1. The van der Waals surface area contributed by atoms with Gasteiger partial charge < -0.3 is 15.2 Å². The lowest BCUT2D eigenvalue weighted by Gasteiger charge is -2.10. The number of hydrogen-bond acceptors (Lipinski definition) is 5. The minimum Gasteiger partial charge on any atom is -0.494 e. The molecule has 3 aromatic carbocycles. The Morgan fingerprint density at radius 1 is 0.903 bits per heavy atom. The van der Waals surface area contributed by atoms with Crippen molar-refractivity contribution >= 4 is 22.4 Å². The van der Waals surface area contributed by atoms with Crippen molar-refractivity contribution in [3.8, 4) is 11.5 Å². The van der Waals surface area contributed by atoms with E-state index in [1.54, 1.807) is 11.6 Å².